The number of rotatable bonds is 2. The first-order valence-electron chi connectivity index (χ1n) is 4.38. The van der Waals surface area contributed by atoms with Crippen LogP contribution < -0.4 is 5.56 Å². The lowest BCUT2D eigenvalue weighted by molar-refractivity contribution is -0.129. The third kappa shape index (κ3) is 2.45. The zero-order chi connectivity index (χ0) is 10.7. The third-order valence-electron chi connectivity index (χ3n) is 1.94. The lowest BCUT2D eigenvalue weighted by Crippen LogP contribution is -2.31. The number of hydrogen-bond acceptors (Lipinski definition) is 2. The molecular formula is C10H14N2O2. The number of carbonyl (C=O) groups excluding carboxylic acids is 1. The van der Waals surface area contributed by atoms with Gasteiger partial charge in [-0.2, -0.15) is 0 Å². The van der Waals surface area contributed by atoms with Gasteiger partial charge in [0.05, 0.1) is 0 Å². The van der Waals surface area contributed by atoms with Gasteiger partial charge < -0.3 is 9.47 Å². The Hall–Kier alpha value is -1.58. The van der Waals surface area contributed by atoms with Crippen molar-refractivity contribution in [2.75, 3.05) is 14.1 Å². The highest BCUT2D eigenvalue weighted by molar-refractivity contribution is 5.75. The van der Waals surface area contributed by atoms with Crippen LogP contribution in [0.2, 0.25) is 0 Å². The van der Waals surface area contributed by atoms with E-state index in [-0.39, 0.29) is 18.0 Å². The molecule has 0 saturated heterocycles. The Morgan fingerprint density at radius 3 is 2.64 bits per heavy atom. The number of pyridine rings is 1. The van der Waals surface area contributed by atoms with Crippen molar-refractivity contribution in [2.24, 2.45) is 0 Å². The molecule has 0 saturated carbocycles. The quantitative estimate of drug-likeness (QED) is 0.677. The molecule has 0 spiro atoms. The molecule has 4 heteroatoms. The first-order valence-corrected chi connectivity index (χ1v) is 4.38. The van der Waals surface area contributed by atoms with Gasteiger partial charge in [0.25, 0.3) is 5.56 Å². The van der Waals surface area contributed by atoms with Crippen LogP contribution in [0.15, 0.2) is 23.1 Å². The molecule has 0 aliphatic heterocycles. The molecule has 0 radical (unpaired) electrons. The number of likely N-dealkylation sites (N-methyl/N-ethyl adjacent to an activating group) is 1. The minimum atomic E-state index is -0.147. The van der Waals surface area contributed by atoms with Gasteiger partial charge in [0, 0.05) is 26.4 Å². The van der Waals surface area contributed by atoms with Gasteiger partial charge in [0.15, 0.2) is 0 Å². The fourth-order valence-corrected chi connectivity index (χ4v) is 1.06. The normalized spacial score (nSPS) is 9.93. The predicted octanol–water partition coefficient (Wildman–Crippen LogP) is 0.245. The Morgan fingerprint density at radius 2 is 2.07 bits per heavy atom. The van der Waals surface area contributed by atoms with Gasteiger partial charge >= 0.3 is 0 Å². The van der Waals surface area contributed by atoms with E-state index in [0.717, 1.165) is 5.56 Å². The van der Waals surface area contributed by atoms with E-state index in [2.05, 4.69) is 0 Å². The molecule has 76 valence electrons. The molecular weight excluding hydrogens is 180 g/mol. The topological polar surface area (TPSA) is 42.3 Å². The van der Waals surface area contributed by atoms with Crippen LogP contribution in [-0.2, 0) is 11.3 Å². The van der Waals surface area contributed by atoms with Crippen molar-refractivity contribution in [1.82, 2.24) is 9.47 Å². The number of amides is 1. The van der Waals surface area contributed by atoms with Crippen molar-refractivity contribution in [3.63, 3.8) is 0 Å². The Kier molecular flexibility index (Phi) is 3.06. The summed E-state index contributed by atoms with van der Waals surface area (Å²) in [5, 5.41) is 0. The van der Waals surface area contributed by atoms with E-state index in [9.17, 15) is 9.59 Å². The van der Waals surface area contributed by atoms with Crippen molar-refractivity contribution in [1.29, 1.82) is 0 Å². The van der Waals surface area contributed by atoms with Crippen molar-refractivity contribution in [3.05, 3.63) is 34.2 Å². The number of hydrogen-bond donors (Lipinski definition) is 0. The molecule has 1 aromatic rings. The summed E-state index contributed by atoms with van der Waals surface area (Å²) in [5.74, 6) is -0.0855. The van der Waals surface area contributed by atoms with E-state index in [1.165, 1.54) is 15.5 Å². The lowest BCUT2D eigenvalue weighted by Gasteiger charge is -2.11. The van der Waals surface area contributed by atoms with E-state index in [0.29, 0.717) is 0 Å². The molecule has 1 heterocycles. The summed E-state index contributed by atoms with van der Waals surface area (Å²) >= 11 is 0. The van der Waals surface area contributed by atoms with Gasteiger partial charge in [-0.1, -0.05) is 6.07 Å². The second kappa shape index (κ2) is 4.09. The zero-order valence-corrected chi connectivity index (χ0v) is 8.65. The molecule has 0 N–H and O–H groups in total. The van der Waals surface area contributed by atoms with Crippen LogP contribution in [0.5, 0.6) is 0 Å². The standard InChI is InChI=1S/C10H14N2O2/c1-8-4-5-9(13)12(6-8)7-10(14)11(2)3/h4-6H,7H2,1-3H3. The summed E-state index contributed by atoms with van der Waals surface area (Å²) in [6.07, 6.45) is 1.68. The van der Waals surface area contributed by atoms with Crippen LogP contribution in [0.25, 0.3) is 0 Å². The maximum atomic E-state index is 11.3. The maximum absolute atomic E-state index is 11.3. The minimum absolute atomic E-state index is 0.0855. The molecule has 4 nitrogen and oxygen atoms in total. The Balaban J connectivity index is 2.92. The second-order valence-corrected chi connectivity index (χ2v) is 3.46. The fourth-order valence-electron chi connectivity index (χ4n) is 1.06. The van der Waals surface area contributed by atoms with E-state index in [1.807, 2.05) is 6.92 Å². The number of aryl methyl sites for hydroxylation is 1. The molecule has 1 amide bonds. The molecule has 0 fully saturated rings. The molecule has 0 aromatic carbocycles. The van der Waals surface area contributed by atoms with Crippen LogP contribution in [0.1, 0.15) is 5.56 Å². The minimum Gasteiger partial charge on any atom is -0.347 e. The van der Waals surface area contributed by atoms with Crippen molar-refractivity contribution in [2.45, 2.75) is 13.5 Å². The van der Waals surface area contributed by atoms with Gasteiger partial charge in [-0.05, 0) is 12.5 Å². The monoisotopic (exact) mass is 194 g/mol. The van der Waals surface area contributed by atoms with Crippen LogP contribution in [-0.4, -0.2) is 29.5 Å². The van der Waals surface area contributed by atoms with Crippen LogP contribution in [0.4, 0.5) is 0 Å². The van der Waals surface area contributed by atoms with E-state index in [4.69, 9.17) is 0 Å². The lowest BCUT2D eigenvalue weighted by atomic mass is 10.3. The second-order valence-electron chi connectivity index (χ2n) is 3.46. The van der Waals surface area contributed by atoms with Crippen molar-refractivity contribution < 1.29 is 4.79 Å². The van der Waals surface area contributed by atoms with E-state index >= 15 is 0 Å². The predicted molar refractivity (Wildman–Crippen MR) is 54.1 cm³/mol. The molecule has 1 rings (SSSR count). The SMILES string of the molecule is Cc1ccc(=O)n(CC(=O)N(C)C)c1. The Bertz CT molecular complexity index is 393. The molecule has 0 aliphatic carbocycles. The molecule has 0 unspecified atom stereocenters. The summed E-state index contributed by atoms with van der Waals surface area (Å²) in [6.45, 7) is 1.99. The van der Waals surface area contributed by atoms with Crippen molar-refractivity contribution in [3.8, 4) is 0 Å². The van der Waals surface area contributed by atoms with Gasteiger partial charge in [-0.3, -0.25) is 9.59 Å². The fraction of sp³-hybridized carbons (Fsp3) is 0.400. The van der Waals surface area contributed by atoms with Crippen LogP contribution in [0.3, 0.4) is 0 Å². The molecule has 1 aromatic heterocycles. The van der Waals surface area contributed by atoms with E-state index in [1.54, 1.807) is 26.4 Å². The molecule has 0 bridgehead atoms. The van der Waals surface area contributed by atoms with E-state index < -0.39 is 0 Å². The first-order chi connectivity index (χ1) is 6.50. The van der Waals surface area contributed by atoms with Crippen LogP contribution >= 0.6 is 0 Å². The smallest absolute Gasteiger partial charge is 0.251 e. The highest BCUT2D eigenvalue weighted by atomic mass is 16.2. The molecule has 0 aliphatic rings. The average Bonchev–Trinajstić information content (AvgIpc) is 2.11. The summed E-state index contributed by atoms with van der Waals surface area (Å²) in [4.78, 5) is 24.1. The van der Waals surface area contributed by atoms with Gasteiger partial charge in [-0.25, -0.2) is 0 Å². The molecule has 14 heavy (non-hydrogen) atoms. The van der Waals surface area contributed by atoms with Crippen LogP contribution in [0, 0.1) is 6.92 Å². The average molecular weight is 194 g/mol. The maximum Gasteiger partial charge on any atom is 0.251 e. The third-order valence-corrected chi connectivity index (χ3v) is 1.94. The number of carbonyl (C=O) groups is 1. The van der Waals surface area contributed by atoms with Gasteiger partial charge in [0.2, 0.25) is 5.91 Å². The number of aromatic nitrogens is 1. The number of nitrogens with zero attached hydrogens (tertiary/aromatic N) is 2. The summed E-state index contributed by atoms with van der Waals surface area (Å²) in [6, 6.07) is 3.21. The highest BCUT2D eigenvalue weighted by Crippen LogP contribution is 1.93. The van der Waals surface area contributed by atoms with Gasteiger partial charge in [-0.15, -0.1) is 0 Å². The Morgan fingerprint density at radius 1 is 1.43 bits per heavy atom. The summed E-state index contributed by atoms with van der Waals surface area (Å²) in [5.41, 5.74) is 0.821. The largest absolute Gasteiger partial charge is 0.347 e. The first kappa shape index (κ1) is 10.5. The van der Waals surface area contributed by atoms with Gasteiger partial charge in [0.1, 0.15) is 6.54 Å². The highest BCUT2D eigenvalue weighted by Gasteiger charge is 2.05. The Labute approximate surface area is 82.8 Å². The zero-order valence-electron chi connectivity index (χ0n) is 8.65. The molecule has 0 atom stereocenters. The van der Waals surface area contributed by atoms with Crippen molar-refractivity contribution >= 4 is 5.91 Å². The summed E-state index contributed by atoms with van der Waals surface area (Å²) < 4.78 is 1.41. The summed E-state index contributed by atoms with van der Waals surface area (Å²) in [7, 11) is 3.34.